The van der Waals surface area contributed by atoms with Crippen molar-refractivity contribution in [3.8, 4) is 0 Å². The standard InChI is InChI=1S/C12H9N3O3/c1-6(16)15-10-5-8-7(4-9(10)13-14-15)11(17)2-3-12(8)18/h2-5,13-14H,1H3. The summed E-state index contributed by atoms with van der Waals surface area (Å²) in [5.41, 5.74) is 0.691. The maximum atomic E-state index is 11.7. The normalized spacial score (nSPS) is 11.2. The third-order valence-corrected chi connectivity index (χ3v) is 2.91. The van der Waals surface area contributed by atoms with Crippen LogP contribution in [0.25, 0.3) is 21.8 Å². The zero-order valence-corrected chi connectivity index (χ0v) is 9.48. The fourth-order valence-corrected chi connectivity index (χ4v) is 2.04. The van der Waals surface area contributed by atoms with Gasteiger partial charge in [0, 0.05) is 17.7 Å². The lowest BCUT2D eigenvalue weighted by Gasteiger charge is -1.98. The van der Waals surface area contributed by atoms with Gasteiger partial charge in [-0.05, 0) is 24.3 Å². The summed E-state index contributed by atoms with van der Waals surface area (Å²) in [5, 5.41) is 6.12. The Morgan fingerprint density at radius 2 is 1.72 bits per heavy atom. The first-order chi connectivity index (χ1) is 8.58. The Kier molecular flexibility index (Phi) is 2.00. The van der Waals surface area contributed by atoms with Crippen molar-refractivity contribution in [2.24, 2.45) is 0 Å². The van der Waals surface area contributed by atoms with Gasteiger partial charge >= 0.3 is 0 Å². The number of aromatic nitrogens is 3. The summed E-state index contributed by atoms with van der Waals surface area (Å²) in [6, 6.07) is 5.61. The van der Waals surface area contributed by atoms with Crippen LogP contribution in [-0.4, -0.2) is 20.9 Å². The minimum atomic E-state index is -0.234. The van der Waals surface area contributed by atoms with E-state index in [0.717, 1.165) is 0 Å². The Morgan fingerprint density at radius 1 is 1.11 bits per heavy atom. The number of aromatic amines is 2. The number of hydrogen-bond acceptors (Lipinski definition) is 3. The summed E-state index contributed by atoms with van der Waals surface area (Å²) >= 11 is 0. The fraction of sp³-hybridized carbons (Fsp3) is 0.0833. The third-order valence-electron chi connectivity index (χ3n) is 2.91. The average molecular weight is 243 g/mol. The number of nitrogens with one attached hydrogen (secondary N) is 2. The van der Waals surface area contributed by atoms with Crippen LogP contribution in [0, 0.1) is 0 Å². The number of nitrogens with zero attached hydrogens (tertiary/aromatic N) is 1. The van der Waals surface area contributed by atoms with Gasteiger partial charge in [0.25, 0.3) is 0 Å². The van der Waals surface area contributed by atoms with Crippen LogP contribution in [-0.2, 0) is 0 Å². The number of H-pyrrole nitrogens is 2. The number of benzene rings is 2. The summed E-state index contributed by atoms with van der Waals surface area (Å²) in [7, 11) is 0. The second-order valence-electron chi connectivity index (χ2n) is 4.07. The molecule has 0 spiro atoms. The van der Waals surface area contributed by atoms with Crippen molar-refractivity contribution in [2.45, 2.75) is 6.92 Å². The van der Waals surface area contributed by atoms with E-state index in [1.807, 2.05) is 0 Å². The van der Waals surface area contributed by atoms with Gasteiger partial charge in [-0.2, -0.15) is 0 Å². The molecule has 0 aliphatic heterocycles. The second kappa shape index (κ2) is 3.43. The predicted molar refractivity (Wildman–Crippen MR) is 67.0 cm³/mol. The van der Waals surface area contributed by atoms with Gasteiger partial charge in [-0.25, -0.2) is 9.90 Å². The lowest BCUT2D eigenvalue weighted by molar-refractivity contribution is 0.0924. The fourth-order valence-electron chi connectivity index (χ4n) is 2.04. The Balaban J connectivity index is 2.58. The average Bonchev–Trinajstić information content (AvgIpc) is 2.75. The molecular weight excluding hydrogens is 234 g/mol. The van der Waals surface area contributed by atoms with E-state index in [4.69, 9.17) is 0 Å². The molecule has 0 amide bonds. The second-order valence-corrected chi connectivity index (χ2v) is 4.07. The molecule has 1 aromatic heterocycles. The summed E-state index contributed by atoms with van der Waals surface area (Å²) in [6.07, 6.45) is 0. The molecule has 3 aromatic rings. The monoisotopic (exact) mass is 243 g/mol. The van der Waals surface area contributed by atoms with Gasteiger partial charge in [0.2, 0.25) is 5.91 Å². The highest BCUT2D eigenvalue weighted by molar-refractivity contribution is 5.97. The maximum absolute atomic E-state index is 11.7. The van der Waals surface area contributed by atoms with Crippen LogP contribution in [0.5, 0.6) is 0 Å². The lowest BCUT2D eigenvalue weighted by atomic mass is 10.1. The number of carbonyl (C=O) groups excluding carboxylic acids is 1. The lowest BCUT2D eigenvalue weighted by Crippen LogP contribution is -2.10. The Morgan fingerprint density at radius 3 is 2.33 bits per heavy atom. The molecule has 1 heterocycles. The molecule has 0 unspecified atom stereocenters. The smallest absolute Gasteiger partial charge is 0.243 e. The molecule has 6 heteroatoms. The Bertz CT molecular complexity index is 898. The van der Waals surface area contributed by atoms with Crippen molar-refractivity contribution < 1.29 is 4.79 Å². The quantitative estimate of drug-likeness (QED) is 0.613. The Labute approximate surface area is 99.8 Å². The van der Waals surface area contributed by atoms with E-state index in [2.05, 4.69) is 10.3 Å². The molecule has 0 saturated carbocycles. The molecule has 0 aliphatic carbocycles. The molecule has 2 aromatic carbocycles. The highest BCUT2D eigenvalue weighted by Crippen LogP contribution is 2.16. The van der Waals surface area contributed by atoms with Gasteiger partial charge in [-0.1, -0.05) is 0 Å². The highest BCUT2D eigenvalue weighted by atomic mass is 16.2. The first-order valence-electron chi connectivity index (χ1n) is 5.35. The largest absolute Gasteiger partial charge is 0.289 e. The van der Waals surface area contributed by atoms with E-state index in [0.29, 0.717) is 21.8 Å². The molecule has 0 fully saturated rings. The topological polar surface area (TPSA) is 87.7 Å². The molecule has 0 saturated heterocycles. The molecule has 0 atom stereocenters. The van der Waals surface area contributed by atoms with E-state index in [-0.39, 0.29) is 16.8 Å². The number of rotatable bonds is 0. The van der Waals surface area contributed by atoms with Gasteiger partial charge < -0.3 is 0 Å². The van der Waals surface area contributed by atoms with E-state index in [1.54, 1.807) is 12.1 Å². The molecular formula is C12H9N3O3. The van der Waals surface area contributed by atoms with Crippen molar-refractivity contribution >= 4 is 27.7 Å². The molecule has 90 valence electrons. The SMILES string of the molecule is CC(=O)n1[nH][nH]c2cc3c(=O)ccc(=O)c3cc21. The van der Waals surface area contributed by atoms with Crippen LogP contribution in [0.2, 0.25) is 0 Å². The third kappa shape index (κ3) is 1.32. The molecule has 3 rings (SSSR count). The summed E-state index contributed by atoms with van der Waals surface area (Å²) in [4.78, 5) is 34.8. The number of fused-ring (bicyclic) bond motifs is 2. The summed E-state index contributed by atoms with van der Waals surface area (Å²) in [5.74, 6) is -0.216. The Hall–Kier alpha value is -2.63. The van der Waals surface area contributed by atoms with E-state index in [9.17, 15) is 14.4 Å². The van der Waals surface area contributed by atoms with Crippen LogP contribution in [0.1, 0.15) is 11.7 Å². The molecule has 2 N–H and O–H groups in total. The van der Waals surface area contributed by atoms with Crippen LogP contribution in [0.3, 0.4) is 0 Å². The summed E-state index contributed by atoms with van der Waals surface area (Å²) < 4.78 is 1.28. The summed E-state index contributed by atoms with van der Waals surface area (Å²) in [6.45, 7) is 1.40. The molecule has 0 radical (unpaired) electrons. The number of carbonyl (C=O) groups is 1. The van der Waals surface area contributed by atoms with Gasteiger partial charge in [0.05, 0.1) is 11.0 Å². The van der Waals surface area contributed by atoms with Crippen LogP contribution < -0.4 is 10.9 Å². The van der Waals surface area contributed by atoms with E-state index < -0.39 is 0 Å². The van der Waals surface area contributed by atoms with Crippen molar-refractivity contribution in [3.63, 3.8) is 0 Å². The van der Waals surface area contributed by atoms with E-state index >= 15 is 0 Å². The minimum Gasteiger partial charge on any atom is -0.289 e. The first-order valence-corrected chi connectivity index (χ1v) is 5.35. The molecule has 0 aliphatic rings. The minimum absolute atomic E-state index is 0.213. The van der Waals surface area contributed by atoms with Crippen LogP contribution in [0.15, 0.2) is 33.9 Å². The highest BCUT2D eigenvalue weighted by Gasteiger charge is 2.09. The van der Waals surface area contributed by atoms with Crippen molar-refractivity contribution in [1.29, 1.82) is 0 Å². The van der Waals surface area contributed by atoms with Gasteiger partial charge in [0.1, 0.15) is 0 Å². The zero-order valence-electron chi connectivity index (χ0n) is 9.48. The molecule has 6 nitrogen and oxygen atoms in total. The molecule has 0 bridgehead atoms. The zero-order chi connectivity index (χ0) is 12.9. The van der Waals surface area contributed by atoms with Crippen molar-refractivity contribution in [1.82, 2.24) is 15.0 Å². The maximum Gasteiger partial charge on any atom is 0.243 e. The van der Waals surface area contributed by atoms with Crippen LogP contribution >= 0.6 is 0 Å². The van der Waals surface area contributed by atoms with Crippen LogP contribution in [0.4, 0.5) is 0 Å². The molecule has 18 heavy (non-hydrogen) atoms. The predicted octanol–water partition coefficient (Wildman–Crippen LogP) is 0.831. The van der Waals surface area contributed by atoms with Gasteiger partial charge in [-0.3, -0.25) is 19.5 Å². The number of hydrogen-bond donors (Lipinski definition) is 2. The van der Waals surface area contributed by atoms with E-state index in [1.165, 1.54) is 23.7 Å². The first kappa shape index (κ1) is 10.5. The van der Waals surface area contributed by atoms with Gasteiger partial charge in [0.15, 0.2) is 10.9 Å². The van der Waals surface area contributed by atoms with Crippen molar-refractivity contribution in [3.05, 3.63) is 44.7 Å². The van der Waals surface area contributed by atoms with Gasteiger partial charge in [-0.15, -0.1) is 0 Å². The van der Waals surface area contributed by atoms with Crippen molar-refractivity contribution in [2.75, 3.05) is 0 Å².